The lowest BCUT2D eigenvalue weighted by Gasteiger charge is -2.11. The molecule has 1 aliphatic carbocycles. The van der Waals surface area contributed by atoms with Crippen molar-refractivity contribution in [1.29, 1.82) is 5.26 Å². The molecule has 3 N–H and O–H groups in total. The van der Waals surface area contributed by atoms with Gasteiger partial charge in [-0.1, -0.05) is 12.1 Å². The summed E-state index contributed by atoms with van der Waals surface area (Å²) in [7, 11) is 1.92. The molecule has 0 atom stereocenters. The van der Waals surface area contributed by atoms with Gasteiger partial charge in [-0.15, -0.1) is 0 Å². The molecule has 0 spiro atoms. The Hall–Kier alpha value is -3.33. The third-order valence-electron chi connectivity index (χ3n) is 4.54. The lowest BCUT2D eigenvalue weighted by atomic mass is 9.97. The molecule has 2 aromatic heterocycles. The summed E-state index contributed by atoms with van der Waals surface area (Å²) in [5.74, 6) is 0.820. The van der Waals surface area contributed by atoms with E-state index in [1.54, 1.807) is 24.4 Å². The number of anilines is 1. The van der Waals surface area contributed by atoms with Crippen molar-refractivity contribution in [2.75, 3.05) is 5.73 Å². The van der Waals surface area contributed by atoms with Crippen molar-refractivity contribution in [3.05, 3.63) is 47.8 Å². The Morgan fingerprint density at radius 1 is 1.28 bits per heavy atom. The fourth-order valence-corrected chi connectivity index (χ4v) is 3.20. The summed E-state index contributed by atoms with van der Waals surface area (Å²) in [6, 6.07) is 10.9. The molecule has 0 amide bonds. The topological polar surface area (TPSA) is 101 Å². The van der Waals surface area contributed by atoms with Crippen LogP contribution in [0.1, 0.15) is 30.0 Å². The van der Waals surface area contributed by atoms with Gasteiger partial charge < -0.3 is 10.8 Å². The number of nitriles is 1. The lowest BCUT2D eigenvalue weighted by molar-refractivity contribution is 0.475. The molecule has 25 heavy (non-hydrogen) atoms. The number of hydrogen-bond donors (Lipinski definition) is 2. The largest absolute Gasteiger partial charge is 0.508 e. The fourth-order valence-electron chi connectivity index (χ4n) is 3.20. The number of aromatic hydroxyl groups is 1. The van der Waals surface area contributed by atoms with Crippen LogP contribution >= 0.6 is 0 Å². The van der Waals surface area contributed by atoms with Gasteiger partial charge in [-0.05, 0) is 31.0 Å². The van der Waals surface area contributed by atoms with E-state index >= 15 is 0 Å². The first-order valence-corrected chi connectivity index (χ1v) is 8.10. The molecule has 1 aromatic carbocycles. The van der Waals surface area contributed by atoms with Crippen LogP contribution in [0.25, 0.3) is 22.4 Å². The summed E-state index contributed by atoms with van der Waals surface area (Å²) in [5.41, 5.74) is 10.6. The van der Waals surface area contributed by atoms with E-state index in [1.165, 1.54) is 0 Å². The van der Waals surface area contributed by atoms with Gasteiger partial charge in [-0.3, -0.25) is 4.68 Å². The number of nitrogen functional groups attached to an aromatic ring is 1. The van der Waals surface area contributed by atoms with Gasteiger partial charge in [0, 0.05) is 35.3 Å². The number of aryl methyl sites for hydroxylation is 1. The molecule has 1 aliphatic rings. The van der Waals surface area contributed by atoms with Gasteiger partial charge in [0.2, 0.25) is 0 Å². The lowest BCUT2D eigenvalue weighted by Crippen LogP contribution is -2.02. The molecular formula is C19H17N5O. The van der Waals surface area contributed by atoms with E-state index < -0.39 is 0 Å². The van der Waals surface area contributed by atoms with Gasteiger partial charge in [0.05, 0.1) is 11.9 Å². The average molecular weight is 331 g/mol. The third-order valence-corrected chi connectivity index (χ3v) is 4.54. The number of benzene rings is 1. The van der Waals surface area contributed by atoms with Gasteiger partial charge in [-0.25, -0.2) is 4.98 Å². The van der Waals surface area contributed by atoms with Gasteiger partial charge in [0.15, 0.2) is 0 Å². The van der Waals surface area contributed by atoms with Crippen LogP contribution in [0, 0.1) is 11.3 Å². The Kier molecular flexibility index (Phi) is 3.43. The van der Waals surface area contributed by atoms with E-state index in [9.17, 15) is 10.4 Å². The Morgan fingerprint density at radius 3 is 2.76 bits per heavy atom. The van der Waals surface area contributed by atoms with E-state index in [-0.39, 0.29) is 11.6 Å². The zero-order valence-corrected chi connectivity index (χ0v) is 13.8. The highest BCUT2D eigenvalue weighted by Crippen LogP contribution is 2.45. The van der Waals surface area contributed by atoms with Gasteiger partial charge in [0.1, 0.15) is 23.2 Å². The number of phenols is 1. The Balaban J connectivity index is 1.94. The van der Waals surface area contributed by atoms with Crippen molar-refractivity contribution in [2.24, 2.45) is 7.05 Å². The molecule has 4 rings (SSSR count). The van der Waals surface area contributed by atoms with Crippen LogP contribution in [0.3, 0.4) is 0 Å². The maximum absolute atomic E-state index is 9.73. The molecule has 0 aliphatic heterocycles. The Bertz CT molecular complexity index is 1010. The number of phenolic OH excluding ortho intramolecular Hbond substituents is 1. The summed E-state index contributed by atoms with van der Waals surface area (Å²) in [5, 5.41) is 23.7. The molecule has 1 fully saturated rings. The predicted octanol–water partition coefficient (Wildman–Crippen LogP) is 3.19. The number of nitrogens with zero attached hydrogens (tertiary/aromatic N) is 4. The summed E-state index contributed by atoms with van der Waals surface area (Å²) >= 11 is 0. The second kappa shape index (κ2) is 5.64. The first-order chi connectivity index (χ1) is 12.1. The highest BCUT2D eigenvalue weighted by molar-refractivity contribution is 5.81. The average Bonchev–Trinajstić information content (AvgIpc) is 3.36. The SMILES string of the molecule is Cn1ncc(-c2cc(-c3cccc(O)c3)nc(N)c2C#N)c1C1CC1. The molecule has 0 unspecified atom stereocenters. The van der Waals surface area contributed by atoms with Crippen molar-refractivity contribution in [3.63, 3.8) is 0 Å². The molecule has 1 saturated carbocycles. The van der Waals surface area contributed by atoms with Crippen LogP contribution in [0.15, 0.2) is 36.5 Å². The smallest absolute Gasteiger partial charge is 0.142 e. The molecule has 3 aromatic rings. The molecule has 6 nitrogen and oxygen atoms in total. The van der Waals surface area contributed by atoms with E-state index in [0.717, 1.165) is 35.2 Å². The van der Waals surface area contributed by atoms with Crippen LogP contribution in [0.5, 0.6) is 5.75 Å². The minimum atomic E-state index is 0.156. The number of pyridine rings is 1. The van der Waals surface area contributed by atoms with Crippen LogP contribution in [-0.4, -0.2) is 19.9 Å². The predicted molar refractivity (Wildman–Crippen MR) is 94.6 cm³/mol. The number of hydrogen-bond acceptors (Lipinski definition) is 5. The van der Waals surface area contributed by atoms with Crippen molar-refractivity contribution < 1.29 is 5.11 Å². The molecule has 2 heterocycles. The van der Waals surface area contributed by atoms with Crippen LogP contribution in [-0.2, 0) is 7.05 Å². The zero-order chi connectivity index (χ0) is 17.6. The van der Waals surface area contributed by atoms with Crippen LogP contribution < -0.4 is 5.73 Å². The van der Waals surface area contributed by atoms with Crippen LogP contribution in [0.4, 0.5) is 5.82 Å². The molecular weight excluding hydrogens is 314 g/mol. The van der Waals surface area contributed by atoms with Gasteiger partial charge >= 0.3 is 0 Å². The van der Waals surface area contributed by atoms with Crippen molar-refractivity contribution in [2.45, 2.75) is 18.8 Å². The fraction of sp³-hybridized carbons (Fsp3) is 0.211. The highest BCUT2D eigenvalue weighted by Gasteiger charge is 2.31. The highest BCUT2D eigenvalue weighted by atomic mass is 16.3. The Morgan fingerprint density at radius 2 is 2.08 bits per heavy atom. The number of aromatic nitrogens is 3. The second-order valence-corrected chi connectivity index (χ2v) is 6.32. The number of rotatable bonds is 3. The van der Waals surface area contributed by atoms with Crippen molar-refractivity contribution in [3.8, 4) is 34.2 Å². The normalized spacial score (nSPS) is 13.6. The van der Waals surface area contributed by atoms with Crippen LogP contribution in [0.2, 0.25) is 0 Å². The second-order valence-electron chi connectivity index (χ2n) is 6.32. The molecule has 0 radical (unpaired) electrons. The minimum absolute atomic E-state index is 0.156. The first-order valence-electron chi connectivity index (χ1n) is 8.10. The van der Waals surface area contributed by atoms with Gasteiger partial charge in [0.25, 0.3) is 0 Å². The zero-order valence-electron chi connectivity index (χ0n) is 13.8. The quantitative estimate of drug-likeness (QED) is 0.767. The van der Waals surface area contributed by atoms with Crippen molar-refractivity contribution >= 4 is 5.82 Å². The minimum Gasteiger partial charge on any atom is -0.508 e. The van der Waals surface area contributed by atoms with E-state index in [0.29, 0.717) is 17.2 Å². The third kappa shape index (κ3) is 2.60. The first kappa shape index (κ1) is 15.2. The van der Waals surface area contributed by atoms with E-state index in [4.69, 9.17) is 5.73 Å². The monoisotopic (exact) mass is 331 g/mol. The summed E-state index contributed by atoms with van der Waals surface area (Å²) in [4.78, 5) is 4.36. The molecule has 0 saturated heterocycles. The van der Waals surface area contributed by atoms with Crippen molar-refractivity contribution in [1.82, 2.24) is 14.8 Å². The van der Waals surface area contributed by atoms with E-state index in [1.807, 2.05) is 23.9 Å². The Labute approximate surface area is 145 Å². The summed E-state index contributed by atoms with van der Waals surface area (Å²) in [6.45, 7) is 0. The maximum Gasteiger partial charge on any atom is 0.142 e. The standard InChI is InChI=1S/C19H17N5O/c1-24-18(11-5-6-11)16(10-22-24)14-8-17(23-19(21)15(14)9-20)12-3-2-4-13(25)7-12/h2-4,7-8,10-11,25H,5-6H2,1H3,(H2,21,23). The maximum atomic E-state index is 9.73. The molecule has 0 bridgehead atoms. The van der Waals surface area contributed by atoms with E-state index in [2.05, 4.69) is 16.2 Å². The number of nitrogens with two attached hydrogens (primary N) is 1. The molecule has 124 valence electrons. The molecule has 6 heteroatoms. The van der Waals surface area contributed by atoms with Gasteiger partial charge in [-0.2, -0.15) is 10.4 Å². The summed E-state index contributed by atoms with van der Waals surface area (Å²) in [6.07, 6.45) is 4.05. The summed E-state index contributed by atoms with van der Waals surface area (Å²) < 4.78 is 1.87.